The number of hydrogen-bond donors (Lipinski definition) is 1. The van der Waals surface area contributed by atoms with E-state index in [0.29, 0.717) is 5.58 Å². The molecule has 0 unspecified atom stereocenters. The van der Waals surface area contributed by atoms with E-state index >= 15 is 0 Å². The molecule has 3 rings (SSSR count). The average molecular weight is 226 g/mol. The first-order chi connectivity index (χ1) is 7.79. The fourth-order valence-electron chi connectivity index (χ4n) is 1.72. The van der Waals surface area contributed by atoms with Gasteiger partial charge in [0.05, 0.1) is 0 Å². The van der Waals surface area contributed by atoms with Gasteiger partial charge in [0.25, 0.3) is 0 Å². The number of nitriles is 1. The third-order valence-electron chi connectivity index (χ3n) is 2.49. The van der Waals surface area contributed by atoms with Crippen LogP contribution in [0.3, 0.4) is 0 Å². The first-order valence-electron chi connectivity index (χ1n) is 4.68. The number of nitrogens with one attached hydrogen (secondary N) is 1. The molecule has 0 saturated heterocycles. The van der Waals surface area contributed by atoms with E-state index in [1.807, 2.05) is 29.6 Å². The van der Waals surface area contributed by atoms with E-state index in [4.69, 9.17) is 15.1 Å². The molecular weight excluding hydrogens is 220 g/mol. The summed E-state index contributed by atoms with van der Waals surface area (Å²) in [5, 5.41) is 20.3. The largest absolute Gasteiger partial charge is 0.437 e. The normalized spacial score (nSPS) is 10.7. The minimum absolute atomic E-state index is 0.0753. The van der Waals surface area contributed by atoms with Crippen LogP contribution in [0.2, 0.25) is 0 Å². The van der Waals surface area contributed by atoms with Crippen molar-refractivity contribution in [2.75, 3.05) is 0 Å². The van der Waals surface area contributed by atoms with Gasteiger partial charge >= 0.3 is 0 Å². The topological polar surface area (TPSA) is 60.8 Å². The molecule has 3 nitrogen and oxygen atoms in total. The monoisotopic (exact) mass is 226 g/mol. The van der Waals surface area contributed by atoms with Gasteiger partial charge in [-0.15, -0.1) is 11.3 Å². The van der Waals surface area contributed by atoms with E-state index < -0.39 is 0 Å². The summed E-state index contributed by atoms with van der Waals surface area (Å²) in [4.78, 5) is 0. The molecule has 0 atom stereocenters. The zero-order valence-electron chi connectivity index (χ0n) is 8.15. The lowest BCUT2D eigenvalue weighted by Crippen LogP contribution is -2.03. The smallest absolute Gasteiger partial charge is 0.229 e. The molecule has 0 radical (unpaired) electrons. The van der Waals surface area contributed by atoms with Crippen molar-refractivity contribution in [3.8, 4) is 6.07 Å². The number of rotatable bonds is 0. The van der Waals surface area contributed by atoms with Gasteiger partial charge < -0.3 is 4.42 Å². The second-order valence-electron chi connectivity index (χ2n) is 3.42. The summed E-state index contributed by atoms with van der Waals surface area (Å²) >= 11 is 1.63. The summed E-state index contributed by atoms with van der Waals surface area (Å²) in [6.45, 7) is 0. The van der Waals surface area contributed by atoms with Crippen LogP contribution in [0.15, 0.2) is 34.1 Å². The SMILES string of the molecule is N#Cc1cc2ccc3sccc3c2oc1=N. The highest BCUT2D eigenvalue weighted by Crippen LogP contribution is 2.28. The van der Waals surface area contributed by atoms with E-state index in [0.717, 1.165) is 15.5 Å². The fraction of sp³-hybridized carbons (Fsp3) is 0. The number of thiophene rings is 1. The maximum atomic E-state index is 8.82. The second kappa shape index (κ2) is 3.19. The number of benzene rings is 1. The molecule has 1 N–H and O–H groups in total. The summed E-state index contributed by atoms with van der Waals surface area (Å²) in [5.74, 6) is 0. The first kappa shape index (κ1) is 9.13. The Hall–Kier alpha value is -2.12. The van der Waals surface area contributed by atoms with Gasteiger partial charge in [0, 0.05) is 15.5 Å². The summed E-state index contributed by atoms with van der Waals surface area (Å²) in [7, 11) is 0. The molecule has 1 aromatic carbocycles. The molecule has 3 aromatic rings. The zero-order chi connectivity index (χ0) is 11.1. The molecule has 2 heterocycles. The fourth-order valence-corrected chi connectivity index (χ4v) is 2.51. The number of fused-ring (bicyclic) bond motifs is 3. The van der Waals surface area contributed by atoms with Gasteiger partial charge in [0.15, 0.2) is 0 Å². The standard InChI is InChI=1S/C12H6N2OS/c13-6-8-5-7-1-2-10-9(3-4-16-10)11(7)15-12(8)14/h1-5,14H. The minimum atomic E-state index is -0.0753. The molecule has 0 bridgehead atoms. The molecule has 4 heteroatoms. The summed E-state index contributed by atoms with van der Waals surface area (Å²) in [6, 6.07) is 9.53. The van der Waals surface area contributed by atoms with Crippen molar-refractivity contribution in [1.82, 2.24) is 0 Å². The Morgan fingerprint density at radius 3 is 3.00 bits per heavy atom. The van der Waals surface area contributed by atoms with Gasteiger partial charge in [-0.05, 0) is 29.6 Å². The molecule has 0 fully saturated rings. The van der Waals surface area contributed by atoms with Crippen LogP contribution in [0.25, 0.3) is 21.1 Å². The quantitative estimate of drug-likeness (QED) is 0.640. The third-order valence-corrected chi connectivity index (χ3v) is 3.37. The molecule has 2 aromatic heterocycles. The highest BCUT2D eigenvalue weighted by Gasteiger charge is 2.06. The Morgan fingerprint density at radius 1 is 1.31 bits per heavy atom. The summed E-state index contributed by atoms with van der Waals surface area (Å²) in [6.07, 6.45) is 0. The molecule has 76 valence electrons. The highest BCUT2D eigenvalue weighted by molar-refractivity contribution is 7.17. The summed E-state index contributed by atoms with van der Waals surface area (Å²) < 4.78 is 6.53. The molecule has 16 heavy (non-hydrogen) atoms. The molecular formula is C12H6N2OS. The Bertz CT molecular complexity index is 792. The van der Waals surface area contributed by atoms with Crippen LogP contribution in [0.1, 0.15) is 5.56 Å². The molecule has 0 spiro atoms. The Morgan fingerprint density at radius 2 is 2.19 bits per heavy atom. The van der Waals surface area contributed by atoms with E-state index in [1.54, 1.807) is 17.4 Å². The minimum Gasteiger partial charge on any atom is -0.437 e. The second-order valence-corrected chi connectivity index (χ2v) is 4.37. The predicted molar refractivity (Wildman–Crippen MR) is 62.2 cm³/mol. The maximum Gasteiger partial charge on any atom is 0.229 e. The van der Waals surface area contributed by atoms with E-state index in [9.17, 15) is 0 Å². The number of hydrogen-bond acceptors (Lipinski definition) is 4. The maximum absolute atomic E-state index is 8.82. The van der Waals surface area contributed by atoms with Crippen molar-refractivity contribution in [1.29, 1.82) is 10.7 Å². The van der Waals surface area contributed by atoms with Crippen molar-refractivity contribution >= 4 is 32.4 Å². The lowest BCUT2D eigenvalue weighted by molar-refractivity contribution is 0.533. The van der Waals surface area contributed by atoms with Gasteiger partial charge in [-0.3, -0.25) is 5.41 Å². The van der Waals surface area contributed by atoms with Crippen LogP contribution in [0, 0.1) is 16.7 Å². The first-order valence-corrected chi connectivity index (χ1v) is 5.56. The zero-order valence-corrected chi connectivity index (χ0v) is 8.97. The molecule has 0 saturated carbocycles. The third kappa shape index (κ3) is 1.16. The lowest BCUT2D eigenvalue weighted by atomic mass is 10.1. The summed E-state index contributed by atoms with van der Waals surface area (Å²) in [5.41, 5.74) is 0.874. The van der Waals surface area contributed by atoms with Gasteiger partial charge in [-0.2, -0.15) is 5.26 Å². The lowest BCUT2D eigenvalue weighted by Gasteiger charge is -1.99. The van der Waals surface area contributed by atoms with E-state index in [2.05, 4.69) is 0 Å². The van der Waals surface area contributed by atoms with Crippen LogP contribution >= 0.6 is 11.3 Å². The predicted octanol–water partition coefficient (Wildman–Crippen LogP) is 3.00. The highest BCUT2D eigenvalue weighted by atomic mass is 32.1. The van der Waals surface area contributed by atoms with Crippen LogP contribution in [-0.4, -0.2) is 0 Å². The van der Waals surface area contributed by atoms with Crippen LogP contribution in [-0.2, 0) is 0 Å². The van der Waals surface area contributed by atoms with E-state index in [-0.39, 0.29) is 11.1 Å². The Balaban J connectivity index is 2.58. The van der Waals surface area contributed by atoms with Crippen molar-refractivity contribution in [3.63, 3.8) is 0 Å². The van der Waals surface area contributed by atoms with Gasteiger partial charge in [0.2, 0.25) is 5.55 Å². The number of nitrogens with zero attached hydrogens (tertiary/aromatic N) is 1. The van der Waals surface area contributed by atoms with Crippen molar-refractivity contribution in [3.05, 3.63) is 40.8 Å². The van der Waals surface area contributed by atoms with Gasteiger partial charge in [-0.25, -0.2) is 0 Å². The molecule has 0 aliphatic heterocycles. The van der Waals surface area contributed by atoms with Crippen molar-refractivity contribution in [2.45, 2.75) is 0 Å². The molecule has 0 aliphatic rings. The van der Waals surface area contributed by atoms with Crippen LogP contribution in [0.4, 0.5) is 0 Å². The van der Waals surface area contributed by atoms with Crippen molar-refractivity contribution < 1.29 is 4.42 Å². The molecule has 0 amide bonds. The Labute approximate surface area is 94.7 Å². The van der Waals surface area contributed by atoms with Crippen LogP contribution in [0.5, 0.6) is 0 Å². The van der Waals surface area contributed by atoms with E-state index in [1.165, 1.54) is 0 Å². The van der Waals surface area contributed by atoms with Crippen LogP contribution < -0.4 is 5.55 Å². The Kier molecular flexibility index (Phi) is 1.82. The van der Waals surface area contributed by atoms with Gasteiger partial charge in [-0.1, -0.05) is 0 Å². The average Bonchev–Trinajstić information content (AvgIpc) is 2.76. The molecule has 0 aliphatic carbocycles. The van der Waals surface area contributed by atoms with Crippen molar-refractivity contribution in [2.24, 2.45) is 0 Å². The van der Waals surface area contributed by atoms with Gasteiger partial charge in [0.1, 0.15) is 17.2 Å².